The minimum absolute atomic E-state index is 0.0269. The summed E-state index contributed by atoms with van der Waals surface area (Å²) in [6.45, 7) is 4.04. The lowest BCUT2D eigenvalue weighted by Crippen LogP contribution is -2.39. The molecule has 4 nitrogen and oxygen atoms in total. The number of amides is 1. The number of hydrogen-bond donors (Lipinski definition) is 3. The largest absolute Gasteiger partial charge is 0.324 e. The molecule has 5 heteroatoms. The van der Waals surface area contributed by atoms with Gasteiger partial charge in [0.2, 0.25) is 5.91 Å². The molecular weight excluding hydrogens is 310 g/mol. The van der Waals surface area contributed by atoms with E-state index >= 15 is 0 Å². The first-order valence-electron chi connectivity index (χ1n) is 7.67. The fourth-order valence-electron chi connectivity index (χ4n) is 2.82. The van der Waals surface area contributed by atoms with Crippen LogP contribution in [0.3, 0.4) is 0 Å². The van der Waals surface area contributed by atoms with Crippen molar-refractivity contribution in [1.82, 2.24) is 10.9 Å². The zero-order chi connectivity index (χ0) is 16.4. The van der Waals surface area contributed by atoms with Gasteiger partial charge in [-0.1, -0.05) is 41.4 Å². The summed E-state index contributed by atoms with van der Waals surface area (Å²) >= 11 is 5.91. The van der Waals surface area contributed by atoms with Gasteiger partial charge in [-0.3, -0.25) is 4.79 Å². The zero-order valence-electron chi connectivity index (χ0n) is 13.2. The second-order valence-electron chi connectivity index (χ2n) is 5.99. The van der Waals surface area contributed by atoms with Crippen LogP contribution >= 0.6 is 11.6 Å². The lowest BCUT2D eigenvalue weighted by Gasteiger charge is -2.13. The van der Waals surface area contributed by atoms with Crippen molar-refractivity contribution in [3.05, 3.63) is 64.2 Å². The van der Waals surface area contributed by atoms with E-state index in [1.807, 2.05) is 50.2 Å². The highest BCUT2D eigenvalue weighted by molar-refractivity contribution is 6.30. The molecule has 1 fully saturated rings. The normalized spacial score (nSPS) is 20.5. The maximum absolute atomic E-state index is 12.4. The van der Waals surface area contributed by atoms with Crippen LogP contribution in [0.25, 0.3) is 0 Å². The minimum atomic E-state index is -0.267. The van der Waals surface area contributed by atoms with Gasteiger partial charge in [-0.25, -0.2) is 10.9 Å². The fourth-order valence-corrected chi connectivity index (χ4v) is 2.94. The number of rotatable bonds is 3. The van der Waals surface area contributed by atoms with Gasteiger partial charge < -0.3 is 5.32 Å². The molecule has 0 bridgehead atoms. The monoisotopic (exact) mass is 329 g/mol. The molecular formula is C18H20ClN3O. The third-order valence-corrected chi connectivity index (χ3v) is 4.38. The highest BCUT2D eigenvalue weighted by Gasteiger charge is 2.30. The van der Waals surface area contributed by atoms with Crippen LogP contribution in [0.2, 0.25) is 5.02 Å². The van der Waals surface area contributed by atoms with Crippen LogP contribution in [-0.4, -0.2) is 11.9 Å². The Labute approximate surface area is 141 Å². The van der Waals surface area contributed by atoms with Gasteiger partial charge in [-0.05, 0) is 49.6 Å². The molecule has 0 saturated carbocycles. The zero-order valence-corrected chi connectivity index (χ0v) is 13.9. The van der Waals surface area contributed by atoms with Crippen molar-refractivity contribution in [2.45, 2.75) is 32.4 Å². The van der Waals surface area contributed by atoms with Gasteiger partial charge >= 0.3 is 0 Å². The van der Waals surface area contributed by atoms with Crippen LogP contribution in [0.15, 0.2) is 42.5 Å². The molecule has 23 heavy (non-hydrogen) atoms. The van der Waals surface area contributed by atoms with Crippen molar-refractivity contribution in [3.63, 3.8) is 0 Å². The van der Waals surface area contributed by atoms with Gasteiger partial charge in [0.05, 0.1) is 0 Å². The average Bonchev–Trinajstić information content (AvgIpc) is 3.01. The Morgan fingerprint density at radius 1 is 1.13 bits per heavy atom. The first-order valence-corrected chi connectivity index (χ1v) is 8.05. The van der Waals surface area contributed by atoms with Crippen molar-refractivity contribution in [2.75, 3.05) is 5.32 Å². The highest BCUT2D eigenvalue weighted by Crippen LogP contribution is 2.24. The quantitative estimate of drug-likeness (QED) is 0.807. The summed E-state index contributed by atoms with van der Waals surface area (Å²) in [5.74, 6) is -0.0269. The van der Waals surface area contributed by atoms with Crippen LogP contribution in [0, 0.1) is 13.8 Å². The SMILES string of the molecule is Cc1ccc(NC(=O)C2CC(c3ccc(Cl)cc3)NN2)c(C)c1. The number of hydrogen-bond acceptors (Lipinski definition) is 3. The van der Waals surface area contributed by atoms with E-state index in [1.54, 1.807) is 0 Å². The summed E-state index contributed by atoms with van der Waals surface area (Å²) in [6, 6.07) is 13.5. The van der Waals surface area contributed by atoms with Crippen molar-refractivity contribution < 1.29 is 4.79 Å². The number of aryl methyl sites for hydroxylation is 2. The first kappa shape index (κ1) is 16.0. The molecule has 0 aliphatic carbocycles. The van der Waals surface area contributed by atoms with E-state index in [0.717, 1.165) is 16.8 Å². The van der Waals surface area contributed by atoms with E-state index in [0.29, 0.717) is 11.4 Å². The van der Waals surface area contributed by atoms with Gasteiger partial charge in [0.15, 0.2) is 0 Å². The Balaban J connectivity index is 1.64. The Bertz CT molecular complexity index is 715. The van der Waals surface area contributed by atoms with Crippen molar-refractivity contribution >= 4 is 23.2 Å². The molecule has 1 heterocycles. The molecule has 1 aliphatic rings. The van der Waals surface area contributed by atoms with Crippen LogP contribution in [0.1, 0.15) is 29.2 Å². The molecule has 3 N–H and O–H groups in total. The Morgan fingerprint density at radius 3 is 2.57 bits per heavy atom. The number of anilines is 1. The van der Waals surface area contributed by atoms with Gasteiger partial charge in [-0.15, -0.1) is 0 Å². The fraction of sp³-hybridized carbons (Fsp3) is 0.278. The lowest BCUT2D eigenvalue weighted by atomic mass is 10.0. The smallest absolute Gasteiger partial charge is 0.242 e. The third kappa shape index (κ3) is 3.72. The van der Waals surface area contributed by atoms with Gasteiger partial charge in [0, 0.05) is 16.8 Å². The van der Waals surface area contributed by atoms with Crippen LogP contribution < -0.4 is 16.2 Å². The van der Waals surface area contributed by atoms with Gasteiger partial charge in [-0.2, -0.15) is 0 Å². The molecule has 0 spiro atoms. The standard InChI is InChI=1S/C18H20ClN3O/c1-11-3-8-15(12(2)9-11)20-18(23)17-10-16(21-22-17)13-4-6-14(19)7-5-13/h3-9,16-17,21-22H,10H2,1-2H3,(H,20,23). The van der Waals surface area contributed by atoms with Crippen LogP contribution in [-0.2, 0) is 4.79 Å². The Kier molecular flexibility index (Phi) is 4.66. The molecule has 0 radical (unpaired) electrons. The number of benzene rings is 2. The number of nitrogens with one attached hydrogen (secondary N) is 3. The van der Waals surface area contributed by atoms with Crippen molar-refractivity contribution in [2.24, 2.45) is 0 Å². The lowest BCUT2D eigenvalue weighted by molar-refractivity contribution is -0.117. The molecule has 120 valence electrons. The van der Waals surface area contributed by atoms with Crippen molar-refractivity contribution in [1.29, 1.82) is 0 Å². The van der Waals surface area contributed by atoms with E-state index in [9.17, 15) is 4.79 Å². The maximum atomic E-state index is 12.4. The molecule has 0 aromatic heterocycles. The maximum Gasteiger partial charge on any atom is 0.242 e. The van der Waals surface area contributed by atoms with Crippen LogP contribution in [0.4, 0.5) is 5.69 Å². The average molecular weight is 330 g/mol. The van der Waals surface area contributed by atoms with Gasteiger partial charge in [0.25, 0.3) is 0 Å². The van der Waals surface area contributed by atoms with E-state index in [2.05, 4.69) is 22.2 Å². The summed E-state index contributed by atoms with van der Waals surface area (Å²) in [5, 5.41) is 3.71. The molecule has 2 aromatic carbocycles. The summed E-state index contributed by atoms with van der Waals surface area (Å²) in [6.07, 6.45) is 0.693. The van der Waals surface area contributed by atoms with E-state index in [4.69, 9.17) is 11.6 Å². The van der Waals surface area contributed by atoms with Gasteiger partial charge in [0.1, 0.15) is 6.04 Å². The number of halogens is 1. The topological polar surface area (TPSA) is 53.2 Å². The second-order valence-corrected chi connectivity index (χ2v) is 6.43. The molecule has 1 saturated heterocycles. The molecule has 2 unspecified atom stereocenters. The van der Waals surface area contributed by atoms with E-state index in [-0.39, 0.29) is 18.0 Å². The summed E-state index contributed by atoms with van der Waals surface area (Å²) in [5.41, 5.74) is 10.5. The van der Waals surface area contributed by atoms with E-state index < -0.39 is 0 Å². The number of carbonyl (C=O) groups is 1. The Morgan fingerprint density at radius 2 is 1.87 bits per heavy atom. The van der Waals surface area contributed by atoms with Crippen molar-refractivity contribution in [3.8, 4) is 0 Å². The molecule has 3 rings (SSSR count). The molecule has 2 atom stereocenters. The number of carbonyl (C=O) groups excluding carboxylic acids is 1. The minimum Gasteiger partial charge on any atom is -0.324 e. The Hall–Kier alpha value is -1.88. The third-order valence-electron chi connectivity index (χ3n) is 4.13. The summed E-state index contributed by atoms with van der Waals surface area (Å²) in [7, 11) is 0. The molecule has 1 amide bonds. The predicted octanol–water partition coefficient (Wildman–Crippen LogP) is 3.50. The summed E-state index contributed by atoms with van der Waals surface area (Å²) in [4.78, 5) is 12.4. The molecule has 2 aromatic rings. The highest BCUT2D eigenvalue weighted by atomic mass is 35.5. The van der Waals surface area contributed by atoms with Crippen LogP contribution in [0.5, 0.6) is 0 Å². The first-order chi connectivity index (χ1) is 11.0. The van der Waals surface area contributed by atoms with E-state index in [1.165, 1.54) is 5.56 Å². The predicted molar refractivity (Wildman–Crippen MR) is 93.4 cm³/mol. The summed E-state index contributed by atoms with van der Waals surface area (Å²) < 4.78 is 0. The number of hydrazine groups is 1. The molecule has 1 aliphatic heterocycles. The second kappa shape index (κ2) is 6.71.